The van der Waals surface area contributed by atoms with Gasteiger partial charge in [-0.05, 0) is 26.8 Å². The van der Waals surface area contributed by atoms with Gasteiger partial charge in [0.05, 0.1) is 5.71 Å². The minimum absolute atomic E-state index is 0.222. The summed E-state index contributed by atoms with van der Waals surface area (Å²) in [6.45, 7) is 6.72. The minimum Gasteiger partial charge on any atom is -0.444 e. The average molecular weight is 292 g/mol. The lowest BCUT2D eigenvalue weighted by Gasteiger charge is -2.30. The maximum atomic E-state index is 11.9. The third kappa shape index (κ3) is 5.02. The Labute approximate surface area is 124 Å². The molecule has 0 spiro atoms. The van der Waals surface area contributed by atoms with Crippen molar-refractivity contribution in [2.45, 2.75) is 39.2 Å². The molecule has 7 nitrogen and oxygen atoms in total. The summed E-state index contributed by atoms with van der Waals surface area (Å²) in [7, 11) is 0. The summed E-state index contributed by atoms with van der Waals surface area (Å²) in [5.74, 6) is 0. The molecule has 2 heterocycles. The number of piperidine rings is 1. The van der Waals surface area contributed by atoms with E-state index in [2.05, 4.69) is 15.1 Å². The quantitative estimate of drug-likeness (QED) is 0.781. The maximum absolute atomic E-state index is 11.9. The van der Waals surface area contributed by atoms with Gasteiger partial charge < -0.3 is 14.5 Å². The lowest BCUT2D eigenvalue weighted by atomic mass is 10.1. The topological polar surface area (TPSA) is 76.9 Å². The van der Waals surface area contributed by atoms with Crippen molar-refractivity contribution >= 4 is 11.8 Å². The van der Waals surface area contributed by atoms with E-state index in [1.165, 1.54) is 0 Å². The van der Waals surface area contributed by atoms with Gasteiger partial charge >= 0.3 is 12.1 Å². The van der Waals surface area contributed by atoms with Gasteiger partial charge in [0.15, 0.2) is 0 Å². The van der Waals surface area contributed by atoms with Gasteiger partial charge in [-0.1, -0.05) is 5.16 Å². The Morgan fingerprint density at radius 2 is 1.86 bits per heavy atom. The highest BCUT2D eigenvalue weighted by Crippen LogP contribution is 2.14. The van der Waals surface area contributed by atoms with Crippen molar-refractivity contribution in [2.24, 2.45) is 5.16 Å². The minimum atomic E-state index is -0.473. The van der Waals surface area contributed by atoms with E-state index >= 15 is 0 Å². The van der Waals surface area contributed by atoms with Crippen molar-refractivity contribution in [3.63, 3.8) is 0 Å². The average Bonchev–Trinajstić information content (AvgIpc) is 2.45. The SMILES string of the molecule is CC(C)(C)OC(=O)N1CCC(=NOc2ncccn2)CC1. The smallest absolute Gasteiger partial charge is 0.410 e. The third-order valence-corrected chi connectivity index (χ3v) is 2.79. The fraction of sp³-hybridized carbons (Fsp3) is 0.571. The first kappa shape index (κ1) is 15.2. The van der Waals surface area contributed by atoms with Crippen LogP contribution in [-0.4, -0.2) is 45.4 Å². The first-order valence-electron chi connectivity index (χ1n) is 6.92. The van der Waals surface area contributed by atoms with Crippen LogP contribution in [0.4, 0.5) is 4.79 Å². The van der Waals surface area contributed by atoms with Crippen molar-refractivity contribution in [1.29, 1.82) is 0 Å². The van der Waals surface area contributed by atoms with Crippen LogP contribution in [0, 0.1) is 0 Å². The van der Waals surface area contributed by atoms with E-state index in [-0.39, 0.29) is 12.1 Å². The molecule has 0 aliphatic carbocycles. The molecule has 1 fully saturated rings. The molecule has 0 saturated carbocycles. The van der Waals surface area contributed by atoms with Crippen molar-refractivity contribution < 1.29 is 14.4 Å². The van der Waals surface area contributed by atoms with Crippen molar-refractivity contribution in [3.8, 4) is 6.01 Å². The number of amides is 1. The molecule has 21 heavy (non-hydrogen) atoms. The van der Waals surface area contributed by atoms with Gasteiger partial charge in [-0.15, -0.1) is 0 Å². The molecule has 2 rings (SSSR count). The Morgan fingerprint density at radius 3 is 2.43 bits per heavy atom. The molecule has 1 saturated heterocycles. The van der Waals surface area contributed by atoms with Crippen LogP contribution in [0.1, 0.15) is 33.6 Å². The summed E-state index contributed by atoms with van der Waals surface area (Å²) in [4.78, 5) is 26.6. The molecule has 7 heteroatoms. The lowest BCUT2D eigenvalue weighted by molar-refractivity contribution is 0.0248. The van der Waals surface area contributed by atoms with E-state index in [0.717, 1.165) is 5.71 Å². The van der Waals surface area contributed by atoms with Crippen LogP contribution in [-0.2, 0) is 4.74 Å². The van der Waals surface area contributed by atoms with Crippen molar-refractivity contribution in [1.82, 2.24) is 14.9 Å². The van der Waals surface area contributed by atoms with Crippen LogP contribution in [0.25, 0.3) is 0 Å². The van der Waals surface area contributed by atoms with Gasteiger partial charge in [-0.2, -0.15) is 0 Å². The summed E-state index contributed by atoms with van der Waals surface area (Å²) in [6.07, 6.45) is 4.22. The molecule has 1 aromatic rings. The second-order valence-electron chi connectivity index (χ2n) is 5.75. The van der Waals surface area contributed by atoms with Crippen LogP contribution in [0.5, 0.6) is 6.01 Å². The summed E-state index contributed by atoms with van der Waals surface area (Å²) in [5.41, 5.74) is 0.418. The number of likely N-dealkylation sites (tertiary alicyclic amines) is 1. The number of nitrogens with zero attached hydrogens (tertiary/aromatic N) is 4. The maximum Gasteiger partial charge on any atom is 0.410 e. The molecule has 114 valence electrons. The first-order chi connectivity index (χ1) is 9.94. The highest BCUT2D eigenvalue weighted by atomic mass is 16.6. The van der Waals surface area contributed by atoms with E-state index in [9.17, 15) is 4.79 Å². The molecule has 0 aromatic carbocycles. The third-order valence-electron chi connectivity index (χ3n) is 2.79. The number of hydrogen-bond donors (Lipinski definition) is 0. The van der Waals surface area contributed by atoms with Gasteiger partial charge in [0, 0.05) is 38.3 Å². The number of hydrogen-bond acceptors (Lipinski definition) is 6. The zero-order chi connectivity index (χ0) is 15.3. The molecule has 0 N–H and O–H groups in total. The predicted molar refractivity (Wildman–Crippen MR) is 77.1 cm³/mol. The van der Waals surface area contributed by atoms with E-state index in [1.807, 2.05) is 20.8 Å². The van der Waals surface area contributed by atoms with E-state index in [0.29, 0.717) is 25.9 Å². The molecule has 1 aliphatic rings. The summed E-state index contributed by atoms with van der Waals surface area (Å²) in [5, 5.41) is 4.03. The second-order valence-corrected chi connectivity index (χ2v) is 5.75. The Bertz CT molecular complexity index is 501. The Balaban J connectivity index is 1.81. The predicted octanol–water partition coefficient (Wildman–Crippen LogP) is 2.24. The van der Waals surface area contributed by atoms with E-state index in [1.54, 1.807) is 23.4 Å². The molecule has 0 unspecified atom stereocenters. The van der Waals surface area contributed by atoms with Gasteiger partial charge in [-0.3, -0.25) is 0 Å². The number of ether oxygens (including phenoxy) is 1. The summed E-state index contributed by atoms with van der Waals surface area (Å²) >= 11 is 0. The molecule has 1 aliphatic heterocycles. The largest absolute Gasteiger partial charge is 0.444 e. The van der Waals surface area contributed by atoms with Crippen molar-refractivity contribution in [3.05, 3.63) is 18.5 Å². The number of oxime groups is 1. The number of rotatable bonds is 2. The van der Waals surface area contributed by atoms with E-state index < -0.39 is 5.60 Å². The van der Waals surface area contributed by atoms with Crippen LogP contribution in [0.3, 0.4) is 0 Å². The highest BCUT2D eigenvalue weighted by molar-refractivity contribution is 5.86. The Kier molecular flexibility index (Phi) is 4.72. The fourth-order valence-electron chi connectivity index (χ4n) is 1.80. The zero-order valence-electron chi connectivity index (χ0n) is 12.6. The van der Waals surface area contributed by atoms with Crippen LogP contribution in [0.2, 0.25) is 0 Å². The normalized spacial score (nSPS) is 15.6. The first-order valence-corrected chi connectivity index (χ1v) is 6.92. The lowest BCUT2D eigenvalue weighted by Crippen LogP contribution is -2.42. The number of carbonyl (C=O) groups excluding carboxylic acids is 1. The van der Waals surface area contributed by atoms with Crippen molar-refractivity contribution in [2.75, 3.05) is 13.1 Å². The van der Waals surface area contributed by atoms with Crippen LogP contribution >= 0.6 is 0 Å². The van der Waals surface area contributed by atoms with Crippen LogP contribution < -0.4 is 4.84 Å². The molecule has 1 aromatic heterocycles. The summed E-state index contributed by atoms with van der Waals surface area (Å²) < 4.78 is 5.34. The Morgan fingerprint density at radius 1 is 1.24 bits per heavy atom. The zero-order valence-corrected chi connectivity index (χ0v) is 12.6. The molecule has 1 amide bonds. The van der Waals surface area contributed by atoms with E-state index in [4.69, 9.17) is 9.57 Å². The summed E-state index contributed by atoms with van der Waals surface area (Å²) in [6, 6.07) is 1.93. The Hall–Kier alpha value is -2.18. The fourth-order valence-corrected chi connectivity index (χ4v) is 1.80. The van der Waals surface area contributed by atoms with Gasteiger partial charge in [0.1, 0.15) is 5.60 Å². The highest BCUT2D eigenvalue weighted by Gasteiger charge is 2.25. The van der Waals surface area contributed by atoms with Crippen LogP contribution in [0.15, 0.2) is 23.6 Å². The molecular formula is C14H20N4O3. The monoisotopic (exact) mass is 292 g/mol. The van der Waals surface area contributed by atoms with Gasteiger partial charge in [-0.25, -0.2) is 14.8 Å². The van der Waals surface area contributed by atoms with Gasteiger partial charge in [0.25, 0.3) is 0 Å². The number of aromatic nitrogens is 2. The van der Waals surface area contributed by atoms with Gasteiger partial charge in [0.2, 0.25) is 0 Å². The molecule has 0 radical (unpaired) electrons. The second kappa shape index (κ2) is 6.51. The molecule has 0 atom stereocenters. The standard InChI is InChI=1S/C14H20N4O3/c1-14(2,3)20-13(19)18-9-5-11(6-10-18)17-21-12-15-7-4-8-16-12/h4,7-8H,5-6,9-10H2,1-3H3. The molecule has 0 bridgehead atoms. The molecular weight excluding hydrogens is 272 g/mol. The number of carbonyl (C=O) groups is 1.